The monoisotopic (exact) mass is 689 g/mol. The lowest BCUT2D eigenvalue weighted by Gasteiger charge is -2.36. The van der Waals surface area contributed by atoms with E-state index in [-0.39, 0.29) is 30.2 Å². The third-order valence-electron chi connectivity index (χ3n) is 9.35. The van der Waals surface area contributed by atoms with Crippen LogP contribution in [0.4, 0.5) is 19.3 Å². The van der Waals surface area contributed by atoms with Gasteiger partial charge in [-0.05, 0) is 100 Å². The average Bonchev–Trinajstić information content (AvgIpc) is 3.54. The van der Waals surface area contributed by atoms with Gasteiger partial charge in [0, 0.05) is 55.6 Å². The summed E-state index contributed by atoms with van der Waals surface area (Å²) in [6, 6.07) is 15.6. The molecule has 1 N–H and O–H groups in total. The molecule has 1 aromatic heterocycles. The third kappa shape index (κ3) is 8.46. The van der Waals surface area contributed by atoms with E-state index in [2.05, 4.69) is 39.3 Å². The fraction of sp³-hybridized carbons (Fsp3) is 0.447. The number of hydrogen-bond acceptors (Lipinski definition) is 7. The highest BCUT2D eigenvalue weighted by molar-refractivity contribution is 5.94. The van der Waals surface area contributed by atoms with Gasteiger partial charge in [0.05, 0.1) is 18.7 Å². The second-order valence-electron chi connectivity index (χ2n) is 14.1. The Morgan fingerprint density at radius 3 is 2.24 bits per heavy atom. The molecule has 0 atom stereocenters. The van der Waals surface area contributed by atoms with Gasteiger partial charge in [0.2, 0.25) is 0 Å². The van der Waals surface area contributed by atoms with Crippen LogP contribution >= 0.6 is 0 Å². The first kappa shape index (κ1) is 35.0. The van der Waals surface area contributed by atoms with Crippen LogP contribution in [0.3, 0.4) is 0 Å². The van der Waals surface area contributed by atoms with E-state index >= 15 is 0 Å². The molecule has 1 aliphatic carbocycles. The lowest BCUT2D eigenvalue weighted by Crippen LogP contribution is -2.50. The van der Waals surface area contributed by atoms with E-state index in [4.69, 9.17) is 19.3 Å². The molecule has 2 heterocycles. The molecule has 6 rings (SSSR count). The molecule has 2 aliphatic rings. The number of anilines is 1. The zero-order chi connectivity index (χ0) is 35.4. The summed E-state index contributed by atoms with van der Waals surface area (Å²) >= 11 is 0. The van der Waals surface area contributed by atoms with Gasteiger partial charge < -0.3 is 29.3 Å². The molecule has 4 aromatic rings. The number of benzene rings is 3. The van der Waals surface area contributed by atoms with Crippen LogP contribution in [0.5, 0.6) is 11.5 Å². The summed E-state index contributed by atoms with van der Waals surface area (Å²) in [5.41, 5.74) is 2.14. The maximum atomic E-state index is 14.8. The molecule has 1 saturated heterocycles. The number of nitrogens with one attached hydrogen (secondary N) is 1. The molecule has 3 aromatic carbocycles. The first-order valence-electron chi connectivity index (χ1n) is 17.2. The van der Waals surface area contributed by atoms with E-state index in [1.54, 1.807) is 36.3 Å². The molecule has 10 nitrogen and oxygen atoms in total. The smallest absolute Gasteiger partial charge is 0.410 e. The average molecular weight is 690 g/mol. The van der Waals surface area contributed by atoms with Gasteiger partial charge in [-0.15, -0.1) is 0 Å². The molecule has 0 spiro atoms. The predicted octanol–water partition coefficient (Wildman–Crippen LogP) is 7.12. The number of carbonyl (C=O) groups is 2. The van der Waals surface area contributed by atoms with Crippen molar-refractivity contribution in [3.8, 4) is 11.5 Å². The van der Waals surface area contributed by atoms with Crippen molar-refractivity contribution in [2.45, 2.75) is 64.7 Å². The summed E-state index contributed by atoms with van der Waals surface area (Å²) in [5.74, 6) is -1.97. The molecular weight excluding hydrogens is 644 g/mol. The number of ether oxygens (including phenoxy) is 3. The molecule has 2 amide bonds. The SMILES string of the molecule is COc1ccc(COc2c(F)cc(C(=O)NC[C@H]3CC[C@H](n4cc5ccc(N6CCN(C(=O)OC(C)(C)C)CC6)cc5n4)CC3)cc2F)cc1. The molecule has 266 valence electrons. The van der Waals surface area contributed by atoms with Gasteiger partial charge in [-0.2, -0.15) is 5.10 Å². The van der Waals surface area contributed by atoms with Crippen LogP contribution in [0.15, 0.2) is 60.8 Å². The highest BCUT2D eigenvalue weighted by atomic mass is 19.1. The quantitative estimate of drug-likeness (QED) is 0.200. The summed E-state index contributed by atoms with van der Waals surface area (Å²) in [6.45, 7) is 8.68. The molecule has 50 heavy (non-hydrogen) atoms. The second kappa shape index (κ2) is 14.9. The lowest BCUT2D eigenvalue weighted by atomic mass is 9.86. The van der Waals surface area contributed by atoms with Gasteiger partial charge in [-0.1, -0.05) is 12.1 Å². The number of piperazine rings is 1. The van der Waals surface area contributed by atoms with Crippen molar-refractivity contribution in [2.75, 3.05) is 44.7 Å². The maximum Gasteiger partial charge on any atom is 0.410 e. The zero-order valence-electron chi connectivity index (χ0n) is 29.1. The van der Waals surface area contributed by atoms with Crippen molar-refractivity contribution in [3.05, 3.63) is 83.6 Å². The summed E-state index contributed by atoms with van der Waals surface area (Å²) in [6.07, 6.45) is 5.45. The van der Waals surface area contributed by atoms with Crippen molar-refractivity contribution in [3.63, 3.8) is 0 Å². The van der Waals surface area contributed by atoms with Crippen LogP contribution in [-0.2, 0) is 11.3 Å². The number of carbonyl (C=O) groups excluding carboxylic acids is 2. The highest BCUT2D eigenvalue weighted by Gasteiger charge is 2.27. The Kier molecular flexibility index (Phi) is 10.4. The van der Waals surface area contributed by atoms with E-state index in [0.29, 0.717) is 25.4 Å². The maximum absolute atomic E-state index is 14.8. The van der Waals surface area contributed by atoms with E-state index in [0.717, 1.165) is 73.1 Å². The molecule has 1 aliphatic heterocycles. The number of nitrogens with zero attached hydrogens (tertiary/aromatic N) is 4. The molecule has 12 heteroatoms. The Balaban J connectivity index is 0.969. The lowest BCUT2D eigenvalue weighted by molar-refractivity contribution is 0.0240. The van der Waals surface area contributed by atoms with Crippen molar-refractivity contribution in [2.24, 2.45) is 5.92 Å². The third-order valence-corrected chi connectivity index (χ3v) is 9.35. The number of rotatable bonds is 9. The van der Waals surface area contributed by atoms with Crippen LogP contribution in [-0.4, -0.2) is 72.1 Å². The van der Waals surface area contributed by atoms with Crippen molar-refractivity contribution in [1.29, 1.82) is 0 Å². The Bertz CT molecular complexity index is 1780. The minimum atomic E-state index is -0.927. The standard InChI is InChI=1S/C38H45F2N5O5/c1-38(2,3)50-37(47)44-17-15-43(16-18-44)30-12-9-27-23-45(42-34(27)21-30)29-10-5-25(6-11-29)22-41-36(46)28-19-32(39)35(33(40)20-28)49-24-26-7-13-31(48-4)14-8-26/h7-9,12-14,19-21,23,25,29H,5-6,10-11,15-18,22,24H2,1-4H3,(H,41,46)/t25-,29-. The minimum Gasteiger partial charge on any atom is -0.497 e. The second-order valence-corrected chi connectivity index (χ2v) is 14.1. The van der Waals surface area contributed by atoms with Gasteiger partial charge in [-0.25, -0.2) is 13.6 Å². The normalized spacial score (nSPS) is 18.2. The Morgan fingerprint density at radius 2 is 1.60 bits per heavy atom. The van der Waals surface area contributed by atoms with Gasteiger partial charge >= 0.3 is 6.09 Å². The largest absolute Gasteiger partial charge is 0.497 e. The van der Waals surface area contributed by atoms with Gasteiger partial charge in [0.1, 0.15) is 18.0 Å². The van der Waals surface area contributed by atoms with E-state index in [1.807, 2.05) is 20.8 Å². The highest BCUT2D eigenvalue weighted by Crippen LogP contribution is 2.33. The first-order valence-corrected chi connectivity index (χ1v) is 17.2. The van der Waals surface area contributed by atoms with Crippen LogP contribution < -0.4 is 19.7 Å². The molecule has 0 unspecified atom stereocenters. The number of fused-ring (bicyclic) bond motifs is 1. The molecule has 2 fully saturated rings. The zero-order valence-corrected chi connectivity index (χ0v) is 29.1. The predicted molar refractivity (Wildman–Crippen MR) is 187 cm³/mol. The van der Waals surface area contributed by atoms with Crippen LogP contribution in [0, 0.1) is 17.6 Å². The Hall–Kier alpha value is -4.87. The fourth-order valence-electron chi connectivity index (χ4n) is 6.54. The van der Waals surface area contributed by atoms with Crippen molar-refractivity contribution < 1.29 is 32.6 Å². The number of methoxy groups -OCH3 is 1. The van der Waals surface area contributed by atoms with Crippen LogP contribution in [0.25, 0.3) is 10.9 Å². The van der Waals surface area contributed by atoms with Crippen LogP contribution in [0.1, 0.15) is 68.4 Å². The summed E-state index contributed by atoms with van der Waals surface area (Å²) in [7, 11) is 1.56. The number of amides is 2. The summed E-state index contributed by atoms with van der Waals surface area (Å²) < 4.78 is 47.7. The summed E-state index contributed by atoms with van der Waals surface area (Å²) in [5, 5.41) is 8.86. The van der Waals surface area contributed by atoms with Gasteiger partial charge in [0.25, 0.3) is 5.91 Å². The minimum absolute atomic E-state index is 0.0298. The van der Waals surface area contributed by atoms with E-state index in [9.17, 15) is 18.4 Å². The molecule has 0 radical (unpaired) electrons. The molecular formula is C38H45F2N5O5. The van der Waals surface area contributed by atoms with E-state index < -0.39 is 28.9 Å². The van der Waals surface area contributed by atoms with Crippen LogP contribution in [0.2, 0.25) is 0 Å². The Morgan fingerprint density at radius 1 is 0.920 bits per heavy atom. The fourth-order valence-corrected chi connectivity index (χ4v) is 6.54. The Labute approximate surface area is 291 Å². The van der Waals surface area contributed by atoms with Crippen molar-refractivity contribution >= 4 is 28.6 Å². The topological polar surface area (TPSA) is 98.2 Å². The van der Waals surface area contributed by atoms with E-state index in [1.165, 1.54) is 0 Å². The molecule has 0 bridgehead atoms. The van der Waals surface area contributed by atoms with Gasteiger partial charge in [0.15, 0.2) is 17.4 Å². The number of halogens is 2. The number of hydrogen-bond donors (Lipinski definition) is 1. The first-order chi connectivity index (χ1) is 24.0. The van der Waals surface area contributed by atoms with Crippen molar-refractivity contribution in [1.82, 2.24) is 20.0 Å². The van der Waals surface area contributed by atoms with Gasteiger partial charge in [-0.3, -0.25) is 9.48 Å². The summed E-state index contributed by atoms with van der Waals surface area (Å²) in [4.78, 5) is 29.3. The molecule has 1 saturated carbocycles. The number of aromatic nitrogens is 2.